The first-order valence-electron chi connectivity index (χ1n) is 4.97. The van der Waals surface area contributed by atoms with Gasteiger partial charge in [0.25, 0.3) is 0 Å². The van der Waals surface area contributed by atoms with Crippen molar-refractivity contribution in [3.63, 3.8) is 0 Å². The van der Waals surface area contributed by atoms with Gasteiger partial charge in [0.15, 0.2) is 0 Å². The molecule has 0 bridgehead atoms. The van der Waals surface area contributed by atoms with Crippen LogP contribution in [0.15, 0.2) is 18.5 Å². The summed E-state index contributed by atoms with van der Waals surface area (Å²) in [5.41, 5.74) is 0.587. The molecular formula is C11H14FNO. The van der Waals surface area contributed by atoms with Crippen molar-refractivity contribution in [3.05, 3.63) is 29.8 Å². The van der Waals surface area contributed by atoms with Crippen LogP contribution >= 0.6 is 0 Å². The number of nitrogens with zero attached hydrogens (tertiary/aromatic N) is 1. The zero-order valence-electron chi connectivity index (χ0n) is 8.15. The number of hydrogen-bond acceptors (Lipinski definition) is 2. The molecule has 0 amide bonds. The average molecular weight is 195 g/mol. The molecule has 14 heavy (non-hydrogen) atoms. The molecule has 1 N–H and O–H groups in total. The van der Waals surface area contributed by atoms with Crippen molar-refractivity contribution in [3.8, 4) is 0 Å². The maximum Gasteiger partial charge on any atom is 0.141 e. The Morgan fingerprint density at radius 2 is 2.21 bits per heavy atom. The van der Waals surface area contributed by atoms with Gasteiger partial charge >= 0.3 is 0 Å². The zero-order valence-corrected chi connectivity index (χ0v) is 8.15. The molecule has 0 saturated heterocycles. The maximum atomic E-state index is 12.8. The van der Waals surface area contributed by atoms with E-state index in [9.17, 15) is 9.50 Å². The van der Waals surface area contributed by atoms with Gasteiger partial charge in [-0.1, -0.05) is 6.92 Å². The summed E-state index contributed by atoms with van der Waals surface area (Å²) >= 11 is 0. The smallest absolute Gasteiger partial charge is 0.141 e. The van der Waals surface area contributed by atoms with Crippen molar-refractivity contribution >= 4 is 0 Å². The van der Waals surface area contributed by atoms with E-state index in [0.717, 1.165) is 6.20 Å². The van der Waals surface area contributed by atoms with E-state index in [2.05, 4.69) is 4.98 Å². The Morgan fingerprint density at radius 3 is 2.79 bits per heavy atom. The lowest BCUT2D eigenvalue weighted by Crippen LogP contribution is -2.11. The maximum absolute atomic E-state index is 12.8. The Balaban J connectivity index is 2.13. The Hall–Kier alpha value is -0.960. The fraction of sp³-hybridized carbons (Fsp3) is 0.545. The van der Waals surface area contributed by atoms with E-state index in [1.807, 2.05) is 6.92 Å². The molecular weight excluding hydrogens is 181 g/mol. The largest absolute Gasteiger partial charge is 0.388 e. The van der Waals surface area contributed by atoms with E-state index < -0.39 is 6.10 Å². The second kappa shape index (κ2) is 3.65. The van der Waals surface area contributed by atoms with E-state index in [1.165, 1.54) is 25.1 Å². The first kappa shape index (κ1) is 9.59. The topological polar surface area (TPSA) is 33.1 Å². The third-order valence-corrected chi connectivity index (χ3v) is 2.93. The van der Waals surface area contributed by atoms with Crippen molar-refractivity contribution in [2.24, 2.45) is 11.8 Å². The molecule has 0 aliphatic heterocycles. The second-order valence-corrected chi connectivity index (χ2v) is 4.08. The normalized spacial score (nSPS) is 20.5. The molecule has 1 aromatic heterocycles. The van der Waals surface area contributed by atoms with Gasteiger partial charge in [-0.05, 0) is 30.7 Å². The molecule has 1 aliphatic rings. The van der Waals surface area contributed by atoms with Gasteiger partial charge < -0.3 is 5.11 Å². The molecule has 3 heteroatoms. The first-order valence-corrected chi connectivity index (χ1v) is 4.97. The number of aromatic nitrogens is 1. The van der Waals surface area contributed by atoms with Crippen molar-refractivity contribution < 1.29 is 9.50 Å². The third kappa shape index (κ3) is 1.93. The lowest BCUT2D eigenvalue weighted by Gasteiger charge is -2.18. The van der Waals surface area contributed by atoms with Crippen LogP contribution in [0.1, 0.15) is 31.4 Å². The Bertz CT molecular complexity index is 325. The molecule has 1 saturated carbocycles. The van der Waals surface area contributed by atoms with Crippen molar-refractivity contribution in [2.75, 3.05) is 0 Å². The van der Waals surface area contributed by atoms with E-state index in [1.54, 1.807) is 0 Å². The Morgan fingerprint density at radius 1 is 1.50 bits per heavy atom. The summed E-state index contributed by atoms with van der Waals surface area (Å²) in [6, 6.07) is 1.36. The van der Waals surface area contributed by atoms with Crippen LogP contribution in [-0.4, -0.2) is 10.1 Å². The van der Waals surface area contributed by atoms with Crippen LogP contribution in [0.5, 0.6) is 0 Å². The van der Waals surface area contributed by atoms with Crippen molar-refractivity contribution in [1.82, 2.24) is 4.98 Å². The number of halogens is 1. The Labute approximate surface area is 82.8 Å². The summed E-state index contributed by atoms with van der Waals surface area (Å²) in [6.07, 6.45) is 4.47. The molecule has 2 unspecified atom stereocenters. The summed E-state index contributed by atoms with van der Waals surface area (Å²) in [4.78, 5) is 3.73. The molecule has 0 spiro atoms. The van der Waals surface area contributed by atoms with Gasteiger partial charge in [-0.25, -0.2) is 4.39 Å². The molecule has 1 aromatic rings. The standard InChI is InChI=1S/C11H14FNO/c1-7(8-2-3-8)11(14)9-4-10(12)6-13-5-9/h4-8,11,14H,2-3H2,1H3. The quantitative estimate of drug-likeness (QED) is 0.802. The highest BCUT2D eigenvalue weighted by Crippen LogP contribution is 2.42. The van der Waals surface area contributed by atoms with E-state index >= 15 is 0 Å². The average Bonchev–Trinajstić information content (AvgIpc) is 2.99. The highest BCUT2D eigenvalue weighted by molar-refractivity contribution is 5.14. The van der Waals surface area contributed by atoms with Gasteiger partial charge in [-0.3, -0.25) is 4.98 Å². The fourth-order valence-corrected chi connectivity index (χ4v) is 1.77. The zero-order chi connectivity index (χ0) is 10.1. The highest BCUT2D eigenvalue weighted by atomic mass is 19.1. The van der Waals surface area contributed by atoms with Crippen molar-refractivity contribution in [2.45, 2.75) is 25.9 Å². The van der Waals surface area contributed by atoms with E-state index in [4.69, 9.17) is 0 Å². The van der Waals surface area contributed by atoms with Crippen LogP contribution in [0.25, 0.3) is 0 Å². The van der Waals surface area contributed by atoms with Crippen LogP contribution in [0, 0.1) is 17.7 Å². The van der Waals surface area contributed by atoms with Gasteiger partial charge in [0, 0.05) is 11.8 Å². The molecule has 1 aliphatic carbocycles. The van der Waals surface area contributed by atoms with Gasteiger partial charge in [0.05, 0.1) is 12.3 Å². The molecule has 0 aromatic carbocycles. The lowest BCUT2D eigenvalue weighted by atomic mass is 9.94. The minimum atomic E-state index is -0.578. The van der Waals surface area contributed by atoms with Gasteiger partial charge in [-0.15, -0.1) is 0 Å². The number of aliphatic hydroxyl groups excluding tert-OH is 1. The van der Waals surface area contributed by atoms with Crippen LogP contribution in [0.2, 0.25) is 0 Å². The summed E-state index contributed by atoms with van der Waals surface area (Å²) in [6.45, 7) is 2.01. The molecule has 1 fully saturated rings. The number of hydrogen-bond donors (Lipinski definition) is 1. The minimum Gasteiger partial charge on any atom is -0.388 e. The third-order valence-electron chi connectivity index (χ3n) is 2.93. The Kier molecular flexibility index (Phi) is 2.50. The van der Waals surface area contributed by atoms with Crippen molar-refractivity contribution in [1.29, 1.82) is 0 Å². The summed E-state index contributed by atoms with van der Waals surface area (Å²) < 4.78 is 12.8. The fourth-order valence-electron chi connectivity index (χ4n) is 1.77. The van der Waals surface area contributed by atoms with E-state index in [0.29, 0.717) is 11.5 Å². The SMILES string of the molecule is CC(C1CC1)C(O)c1cncc(F)c1. The summed E-state index contributed by atoms with van der Waals surface area (Å²) in [5.74, 6) is 0.427. The molecule has 0 radical (unpaired) electrons. The van der Waals surface area contributed by atoms with Gasteiger partial charge in [-0.2, -0.15) is 0 Å². The van der Waals surface area contributed by atoms with Crippen LogP contribution < -0.4 is 0 Å². The number of rotatable bonds is 3. The molecule has 2 rings (SSSR count). The van der Waals surface area contributed by atoms with Crippen LogP contribution in [0.3, 0.4) is 0 Å². The lowest BCUT2D eigenvalue weighted by molar-refractivity contribution is 0.105. The second-order valence-electron chi connectivity index (χ2n) is 4.08. The predicted octanol–water partition coefficient (Wildman–Crippen LogP) is 2.30. The first-order chi connectivity index (χ1) is 6.68. The van der Waals surface area contributed by atoms with Gasteiger partial charge in [0.2, 0.25) is 0 Å². The summed E-state index contributed by atoms with van der Waals surface area (Å²) in [7, 11) is 0. The molecule has 2 nitrogen and oxygen atoms in total. The van der Waals surface area contributed by atoms with Crippen LogP contribution in [0.4, 0.5) is 4.39 Å². The number of pyridine rings is 1. The summed E-state index contributed by atoms with van der Waals surface area (Å²) in [5, 5.41) is 9.92. The predicted molar refractivity (Wildman–Crippen MR) is 51.0 cm³/mol. The minimum absolute atomic E-state index is 0.207. The molecule has 76 valence electrons. The molecule has 2 atom stereocenters. The monoisotopic (exact) mass is 195 g/mol. The number of aliphatic hydroxyl groups is 1. The van der Waals surface area contributed by atoms with E-state index in [-0.39, 0.29) is 11.7 Å². The van der Waals surface area contributed by atoms with Gasteiger partial charge in [0.1, 0.15) is 5.82 Å². The highest BCUT2D eigenvalue weighted by Gasteiger charge is 2.33. The van der Waals surface area contributed by atoms with Crippen LogP contribution in [-0.2, 0) is 0 Å². The molecule has 1 heterocycles.